The van der Waals surface area contributed by atoms with E-state index in [1.54, 1.807) is 23.0 Å². The van der Waals surface area contributed by atoms with Gasteiger partial charge in [0, 0.05) is 11.1 Å². The predicted octanol–water partition coefficient (Wildman–Crippen LogP) is 4.02. The standard InChI is InChI=1S/C13H14FN5/c1-9(2)13(17-18-15)12-7-8-16-19(12)11-5-3-10(14)4-6-11/h3-9,13H,1-2H3. The third-order valence-electron chi connectivity index (χ3n) is 2.85. The van der Waals surface area contributed by atoms with Crippen molar-refractivity contribution in [3.05, 3.63) is 58.5 Å². The van der Waals surface area contributed by atoms with Gasteiger partial charge in [-0.05, 0) is 41.8 Å². The third-order valence-corrected chi connectivity index (χ3v) is 2.85. The monoisotopic (exact) mass is 259 g/mol. The highest BCUT2D eigenvalue weighted by Crippen LogP contribution is 2.27. The Morgan fingerprint density at radius 2 is 1.95 bits per heavy atom. The summed E-state index contributed by atoms with van der Waals surface area (Å²) < 4.78 is 14.6. The van der Waals surface area contributed by atoms with Crippen LogP contribution >= 0.6 is 0 Å². The number of aromatic nitrogens is 2. The summed E-state index contributed by atoms with van der Waals surface area (Å²) in [7, 11) is 0. The Labute approximate surface area is 110 Å². The van der Waals surface area contributed by atoms with Crippen molar-refractivity contribution in [2.75, 3.05) is 0 Å². The van der Waals surface area contributed by atoms with Crippen LogP contribution < -0.4 is 0 Å². The topological polar surface area (TPSA) is 66.6 Å². The van der Waals surface area contributed by atoms with Gasteiger partial charge in [0.2, 0.25) is 0 Å². The molecule has 0 spiro atoms. The summed E-state index contributed by atoms with van der Waals surface area (Å²) >= 11 is 0. The van der Waals surface area contributed by atoms with Crippen LogP contribution in [0.3, 0.4) is 0 Å². The molecule has 6 heteroatoms. The fourth-order valence-corrected chi connectivity index (χ4v) is 1.93. The zero-order chi connectivity index (χ0) is 13.8. The SMILES string of the molecule is CC(C)C(N=[N+]=[N-])c1ccnn1-c1ccc(F)cc1. The molecule has 0 aliphatic rings. The quantitative estimate of drug-likeness (QED) is 0.464. The van der Waals surface area contributed by atoms with Crippen molar-refractivity contribution in [2.24, 2.45) is 11.0 Å². The van der Waals surface area contributed by atoms with Gasteiger partial charge in [-0.2, -0.15) is 5.10 Å². The molecule has 98 valence electrons. The van der Waals surface area contributed by atoms with Gasteiger partial charge in [0.15, 0.2) is 0 Å². The molecule has 1 heterocycles. The first-order chi connectivity index (χ1) is 9.13. The summed E-state index contributed by atoms with van der Waals surface area (Å²) in [6, 6.07) is 7.52. The first-order valence-corrected chi connectivity index (χ1v) is 5.97. The number of halogens is 1. The lowest BCUT2D eigenvalue weighted by atomic mass is 10.0. The van der Waals surface area contributed by atoms with Gasteiger partial charge in [0.25, 0.3) is 0 Å². The lowest BCUT2D eigenvalue weighted by molar-refractivity contribution is 0.489. The predicted molar refractivity (Wildman–Crippen MR) is 70.2 cm³/mol. The van der Waals surface area contributed by atoms with Crippen LogP contribution in [0.4, 0.5) is 4.39 Å². The van der Waals surface area contributed by atoms with Crippen molar-refractivity contribution < 1.29 is 4.39 Å². The van der Waals surface area contributed by atoms with Crippen molar-refractivity contribution in [2.45, 2.75) is 19.9 Å². The molecule has 0 radical (unpaired) electrons. The average molecular weight is 259 g/mol. The zero-order valence-corrected chi connectivity index (χ0v) is 10.7. The van der Waals surface area contributed by atoms with Gasteiger partial charge in [-0.1, -0.05) is 19.0 Å². The van der Waals surface area contributed by atoms with E-state index >= 15 is 0 Å². The number of nitrogens with zero attached hydrogens (tertiary/aromatic N) is 5. The highest BCUT2D eigenvalue weighted by molar-refractivity contribution is 5.33. The second-order valence-corrected chi connectivity index (χ2v) is 4.54. The van der Waals surface area contributed by atoms with E-state index in [-0.39, 0.29) is 17.8 Å². The normalized spacial score (nSPS) is 12.2. The van der Waals surface area contributed by atoms with Crippen LogP contribution in [-0.4, -0.2) is 9.78 Å². The Hall–Kier alpha value is -2.33. The number of benzene rings is 1. The first-order valence-electron chi connectivity index (χ1n) is 5.97. The molecule has 0 saturated carbocycles. The van der Waals surface area contributed by atoms with Crippen molar-refractivity contribution in [3.8, 4) is 5.69 Å². The van der Waals surface area contributed by atoms with Crippen LogP contribution in [0.1, 0.15) is 25.6 Å². The number of hydrogen-bond donors (Lipinski definition) is 0. The van der Waals surface area contributed by atoms with E-state index in [1.807, 2.05) is 19.9 Å². The molecule has 0 aliphatic carbocycles. The molecule has 0 saturated heterocycles. The summed E-state index contributed by atoms with van der Waals surface area (Å²) in [6.45, 7) is 3.95. The van der Waals surface area contributed by atoms with Gasteiger partial charge in [-0.25, -0.2) is 9.07 Å². The highest BCUT2D eigenvalue weighted by atomic mass is 19.1. The molecule has 0 aliphatic heterocycles. The zero-order valence-electron chi connectivity index (χ0n) is 10.7. The van der Waals surface area contributed by atoms with Gasteiger partial charge in [0.05, 0.1) is 17.4 Å². The maximum atomic E-state index is 12.9. The van der Waals surface area contributed by atoms with Crippen LogP contribution in [0.2, 0.25) is 0 Å². The highest BCUT2D eigenvalue weighted by Gasteiger charge is 2.19. The van der Waals surface area contributed by atoms with E-state index < -0.39 is 0 Å². The van der Waals surface area contributed by atoms with E-state index in [2.05, 4.69) is 15.1 Å². The van der Waals surface area contributed by atoms with E-state index in [0.717, 1.165) is 11.4 Å². The van der Waals surface area contributed by atoms with Crippen LogP contribution in [0.5, 0.6) is 0 Å². The number of rotatable bonds is 4. The summed E-state index contributed by atoms with van der Waals surface area (Å²) in [5, 5.41) is 8.03. The largest absolute Gasteiger partial charge is 0.237 e. The maximum Gasteiger partial charge on any atom is 0.123 e. The van der Waals surface area contributed by atoms with Crippen LogP contribution in [0.25, 0.3) is 16.1 Å². The van der Waals surface area contributed by atoms with Crippen molar-refractivity contribution >= 4 is 0 Å². The summed E-state index contributed by atoms with van der Waals surface area (Å²) in [4.78, 5) is 2.89. The van der Waals surface area contributed by atoms with E-state index in [9.17, 15) is 4.39 Å². The molecular weight excluding hydrogens is 245 g/mol. The molecule has 5 nitrogen and oxygen atoms in total. The molecule has 0 amide bonds. The van der Waals surface area contributed by atoms with Gasteiger partial charge >= 0.3 is 0 Å². The molecular formula is C13H14FN5. The van der Waals surface area contributed by atoms with E-state index in [4.69, 9.17) is 5.53 Å². The molecule has 2 rings (SSSR count). The summed E-state index contributed by atoms with van der Waals surface area (Å²) in [5.41, 5.74) is 10.2. The minimum absolute atomic E-state index is 0.145. The molecule has 0 N–H and O–H groups in total. The molecule has 1 unspecified atom stereocenters. The fourth-order valence-electron chi connectivity index (χ4n) is 1.93. The van der Waals surface area contributed by atoms with Gasteiger partial charge in [-0.15, -0.1) is 0 Å². The Kier molecular flexibility index (Phi) is 3.82. The fraction of sp³-hybridized carbons (Fsp3) is 0.308. The number of azide groups is 1. The van der Waals surface area contributed by atoms with E-state index in [0.29, 0.717) is 0 Å². The molecule has 0 bridgehead atoms. The van der Waals surface area contributed by atoms with Crippen LogP contribution in [-0.2, 0) is 0 Å². The first kappa shape index (κ1) is 13.1. The minimum Gasteiger partial charge on any atom is -0.237 e. The van der Waals surface area contributed by atoms with Crippen LogP contribution in [0, 0.1) is 11.7 Å². The van der Waals surface area contributed by atoms with Crippen molar-refractivity contribution in [1.29, 1.82) is 0 Å². The van der Waals surface area contributed by atoms with Gasteiger partial charge in [-0.3, -0.25) is 0 Å². The van der Waals surface area contributed by atoms with Gasteiger partial charge in [0.1, 0.15) is 5.82 Å². The van der Waals surface area contributed by atoms with Crippen LogP contribution in [0.15, 0.2) is 41.6 Å². The van der Waals surface area contributed by atoms with E-state index in [1.165, 1.54) is 12.1 Å². The summed E-state index contributed by atoms with van der Waals surface area (Å²) in [5.74, 6) is -0.153. The van der Waals surface area contributed by atoms with Crippen molar-refractivity contribution in [3.63, 3.8) is 0 Å². The second-order valence-electron chi connectivity index (χ2n) is 4.54. The maximum absolute atomic E-state index is 12.9. The summed E-state index contributed by atoms with van der Waals surface area (Å²) in [6.07, 6.45) is 1.64. The third kappa shape index (κ3) is 2.74. The second kappa shape index (κ2) is 5.54. The molecule has 19 heavy (non-hydrogen) atoms. The Morgan fingerprint density at radius 3 is 2.53 bits per heavy atom. The van der Waals surface area contributed by atoms with Gasteiger partial charge < -0.3 is 0 Å². The van der Waals surface area contributed by atoms with Crippen molar-refractivity contribution in [1.82, 2.24) is 9.78 Å². The molecule has 0 fully saturated rings. The smallest absolute Gasteiger partial charge is 0.123 e. The lowest BCUT2D eigenvalue weighted by Crippen LogP contribution is -2.10. The average Bonchev–Trinajstić information content (AvgIpc) is 2.85. The molecule has 1 aromatic heterocycles. The molecule has 1 atom stereocenters. The molecule has 1 aromatic carbocycles. The minimum atomic E-state index is -0.308. The Balaban J connectivity index is 2.46. The molecule has 2 aromatic rings. The number of hydrogen-bond acceptors (Lipinski definition) is 2. The Morgan fingerprint density at radius 1 is 1.26 bits per heavy atom. The lowest BCUT2D eigenvalue weighted by Gasteiger charge is -2.17. The Bertz CT molecular complexity index is 596.